The summed E-state index contributed by atoms with van der Waals surface area (Å²) in [5, 5.41) is 3.82. The number of carbonyl (C=O) groups is 2. The lowest BCUT2D eigenvalue weighted by Gasteiger charge is -2.41. The predicted octanol–water partition coefficient (Wildman–Crippen LogP) is 1.29. The highest BCUT2D eigenvalue weighted by Gasteiger charge is 2.40. The predicted molar refractivity (Wildman–Crippen MR) is 66.0 cm³/mol. The SMILES string of the molecule is CSC1NC(=O)N(C2CCCCC2)C(=O)N1N. The zero-order chi connectivity index (χ0) is 12.4. The second-order valence-corrected chi connectivity index (χ2v) is 5.31. The van der Waals surface area contributed by atoms with Crippen LogP contribution in [0.3, 0.4) is 0 Å². The number of imide groups is 1. The summed E-state index contributed by atoms with van der Waals surface area (Å²) in [5.41, 5.74) is -0.463. The number of nitrogens with zero attached hydrogens (tertiary/aromatic N) is 2. The Labute approximate surface area is 105 Å². The number of thioether (sulfide) groups is 1. The molecule has 6 nitrogen and oxygen atoms in total. The maximum Gasteiger partial charge on any atom is 0.345 e. The van der Waals surface area contributed by atoms with Gasteiger partial charge in [0.2, 0.25) is 0 Å². The largest absolute Gasteiger partial charge is 0.345 e. The topological polar surface area (TPSA) is 78.7 Å². The van der Waals surface area contributed by atoms with Crippen LogP contribution in [0, 0.1) is 0 Å². The van der Waals surface area contributed by atoms with Gasteiger partial charge in [0.05, 0.1) is 0 Å². The van der Waals surface area contributed by atoms with E-state index in [0.29, 0.717) is 0 Å². The first-order valence-electron chi connectivity index (χ1n) is 5.85. The molecule has 2 rings (SSSR count). The molecule has 3 N–H and O–H groups in total. The second-order valence-electron chi connectivity index (χ2n) is 4.39. The smallest absolute Gasteiger partial charge is 0.307 e. The van der Waals surface area contributed by atoms with E-state index in [1.54, 1.807) is 6.26 Å². The zero-order valence-electron chi connectivity index (χ0n) is 9.89. The minimum Gasteiger partial charge on any atom is -0.307 e. The molecule has 7 heteroatoms. The van der Waals surface area contributed by atoms with E-state index in [1.807, 2.05) is 0 Å². The van der Waals surface area contributed by atoms with Crippen LogP contribution in [0.2, 0.25) is 0 Å². The van der Waals surface area contributed by atoms with Gasteiger partial charge in [0.15, 0.2) is 5.50 Å². The maximum atomic E-state index is 12.1. The zero-order valence-corrected chi connectivity index (χ0v) is 10.7. The van der Waals surface area contributed by atoms with Gasteiger partial charge < -0.3 is 5.32 Å². The molecule has 2 aliphatic rings. The van der Waals surface area contributed by atoms with Crippen molar-refractivity contribution in [2.45, 2.75) is 43.6 Å². The van der Waals surface area contributed by atoms with E-state index < -0.39 is 5.50 Å². The van der Waals surface area contributed by atoms with Crippen molar-refractivity contribution in [3.8, 4) is 0 Å². The Bertz CT molecular complexity index is 319. The minimum atomic E-state index is -0.463. The van der Waals surface area contributed by atoms with Gasteiger partial charge in [-0.15, -0.1) is 11.8 Å². The summed E-state index contributed by atoms with van der Waals surface area (Å²) >= 11 is 1.33. The molecule has 0 aromatic carbocycles. The third-order valence-electron chi connectivity index (χ3n) is 3.31. The molecule has 1 saturated heterocycles. The Kier molecular flexibility index (Phi) is 3.78. The summed E-state index contributed by atoms with van der Waals surface area (Å²) in [6.45, 7) is 0. The van der Waals surface area contributed by atoms with Crippen molar-refractivity contribution >= 4 is 23.8 Å². The summed E-state index contributed by atoms with van der Waals surface area (Å²) < 4.78 is 0. The first-order chi connectivity index (χ1) is 8.15. The number of rotatable bonds is 2. The van der Waals surface area contributed by atoms with Crippen molar-refractivity contribution in [3.63, 3.8) is 0 Å². The van der Waals surface area contributed by atoms with Crippen LogP contribution in [0.4, 0.5) is 9.59 Å². The van der Waals surface area contributed by atoms with E-state index in [0.717, 1.165) is 30.7 Å². The Morgan fingerprint density at radius 2 is 1.94 bits per heavy atom. The average molecular weight is 258 g/mol. The summed E-state index contributed by atoms with van der Waals surface area (Å²) in [4.78, 5) is 25.3. The summed E-state index contributed by atoms with van der Waals surface area (Å²) in [6, 6.07) is -0.701. The molecular formula is C10H18N4O2S. The first kappa shape index (κ1) is 12.5. The van der Waals surface area contributed by atoms with E-state index in [2.05, 4.69) is 5.32 Å². The molecule has 0 radical (unpaired) electrons. The average Bonchev–Trinajstić information content (AvgIpc) is 2.35. The molecule has 1 saturated carbocycles. The fourth-order valence-electron chi connectivity index (χ4n) is 2.39. The van der Waals surface area contributed by atoms with Gasteiger partial charge in [-0.1, -0.05) is 19.3 Å². The number of carbonyl (C=O) groups excluding carboxylic acids is 2. The molecule has 0 spiro atoms. The molecule has 1 heterocycles. The van der Waals surface area contributed by atoms with Gasteiger partial charge in [0, 0.05) is 6.04 Å². The standard InChI is InChI=1S/C10H18N4O2S/c1-17-9-12-8(15)13(10(16)14(9)11)7-5-3-2-4-6-7/h7,9H,2-6,11H2,1H3,(H,12,15). The van der Waals surface area contributed by atoms with Crippen molar-refractivity contribution in [2.24, 2.45) is 5.84 Å². The van der Waals surface area contributed by atoms with Gasteiger partial charge in [0.1, 0.15) is 0 Å². The molecule has 96 valence electrons. The van der Waals surface area contributed by atoms with Crippen LogP contribution in [-0.4, -0.2) is 39.8 Å². The number of nitrogens with two attached hydrogens (primary N) is 1. The van der Waals surface area contributed by atoms with E-state index in [-0.39, 0.29) is 18.1 Å². The highest BCUT2D eigenvalue weighted by Crippen LogP contribution is 2.26. The highest BCUT2D eigenvalue weighted by atomic mass is 32.2. The van der Waals surface area contributed by atoms with Gasteiger partial charge in [-0.25, -0.2) is 25.3 Å². The van der Waals surface area contributed by atoms with Crippen LogP contribution in [0.25, 0.3) is 0 Å². The summed E-state index contributed by atoms with van der Waals surface area (Å²) in [6.07, 6.45) is 6.89. The summed E-state index contributed by atoms with van der Waals surface area (Å²) in [5.74, 6) is 5.70. The van der Waals surface area contributed by atoms with Crippen LogP contribution in [0.1, 0.15) is 32.1 Å². The molecule has 0 aromatic heterocycles. The summed E-state index contributed by atoms with van der Waals surface area (Å²) in [7, 11) is 0. The first-order valence-corrected chi connectivity index (χ1v) is 7.14. The van der Waals surface area contributed by atoms with E-state index in [4.69, 9.17) is 5.84 Å². The molecule has 0 aromatic rings. The fraction of sp³-hybridized carbons (Fsp3) is 0.800. The number of urea groups is 2. The van der Waals surface area contributed by atoms with E-state index >= 15 is 0 Å². The number of hydrogen-bond donors (Lipinski definition) is 2. The second kappa shape index (κ2) is 5.14. The molecule has 4 amide bonds. The van der Waals surface area contributed by atoms with Crippen LogP contribution in [0.15, 0.2) is 0 Å². The van der Waals surface area contributed by atoms with Crippen molar-refractivity contribution in [3.05, 3.63) is 0 Å². The van der Waals surface area contributed by atoms with E-state index in [9.17, 15) is 9.59 Å². The van der Waals surface area contributed by atoms with Crippen molar-refractivity contribution in [1.82, 2.24) is 15.2 Å². The van der Waals surface area contributed by atoms with Gasteiger partial charge in [-0.2, -0.15) is 0 Å². The number of nitrogens with one attached hydrogen (secondary N) is 1. The quantitative estimate of drug-likeness (QED) is 0.578. The molecule has 1 aliphatic heterocycles. The van der Waals surface area contributed by atoms with Gasteiger partial charge in [-0.3, -0.25) is 0 Å². The lowest BCUT2D eigenvalue weighted by molar-refractivity contribution is 0.101. The Morgan fingerprint density at radius 3 is 2.53 bits per heavy atom. The minimum absolute atomic E-state index is 0.00473. The van der Waals surface area contributed by atoms with Crippen LogP contribution in [0.5, 0.6) is 0 Å². The van der Waals surface area contributed by atoms with Gasteiger partial charge in [-0.05, 0) is 19.1 Å². The van der Waals surface area contributed by atoms with Crippen LogP contribution >= 0.6 is 11.8 Å². The fourth-order valence-corrected chi connectivity index (χ4v) is 2.93. The van der Waals surface area contributed by atoms with E-state index in [1.165, 1.54) is 23.1 Å². The third kappa shape index (κ3) is 2.35. The number of amides is 4. The van der Waals surface area contributed by atoms with Crippen molar-refractivity contribution in [1.29, 1.82) is 0 Å². The molecule has 2 fully saturated rings. The third-order valence-corrected chi connectivity index (χ3v) is 4.10. The van der Waals surface area contributed by atoms with Crippen LogP contribution < -0.4 is 11.2 Å². The van der Waals surface area contributed by atoms with Crippen molar-refractivity contribution < 1.29 is 9.59 Å². The molecule has 1 aliphatic carbocycles. The van der Waals surface area contributed by atoms with Gasteiger partial charge in [0.25, 0.3) is 0 Å². The monoisotopic (exact) mass is 258 g/mol. The Balaban J connectivity index is 2.11. The molecule has 1 atom stereocenters. The van der Waals surface area contributed by atoms with Crippen LogP contribution in [-0.2, 0) is 0 Å². The maximum absolute atomic E-state index is 12.1. The highest BCUT2D eigenvalue weighted by molar-refractivity contribution is 7.99. The lowest BCUT2D eigenvalue weighted by atomic mass is 9.94. The molecule has 17 heavy (non-hydrogen) atoms. The van der Waals surface area contributed by atoms with Gasteiger partial charge >= 0.3 is 12.1 Å². The Morgan fingerprint density at radius 1 is 1.29 bits per heavy atom. The number of hydrazine groups is 1. The molecule has 1 unspecified atom stereocenters. The number of hydrogen-bond acceptors (Lipinski definition) is 4. The Hall–Kier alpha value is -0.950. The normalized spacial score (nSPS) is 27.3. The van der Waals surface area contributed by atoms with Crippen molar-refractivity contribution in [2.75, 3.05) is 6.26 Å². The lowest BCUT2D eigenvalue weighted by Crippen LogP contribution is -2.68. The molecular weight excluding hydrogens is 240 g/mol. The molecule has 0 bridgehead atoms.